The van der Waals surface area contributed by atoms with Crippen molar-refractivity contribution in [1.82, 2.24) is 4.90 Å². The van der Waals surface area contributed by atoms with Crippen LogP contribution in [0.25, 0.3) is 5.57 Å². The van der Waals surface area contributed by atoms with Crippen LogP contribution in [0.3, 0.4) is 0 Å². The van der Waals surface area contributed by atoms with Gasteiger partial charge in [0, 0.05) is 17.8 Å². The molecule has 0 saturated carbocycles. The van der Waals surface area contributed by atoms with E-state index in [-0.39, 0.29) is 24.3 Å². The molecule has 0 spiro atoms. The number of aryl methyl sites for hydroxylation is 1. The minimum atomic E-state index is -0.353. The Bertz CT molecular complexity index is 1240. The molecule has 0 aromatic heterocycles. The third-order valence-corrected chi connectivity index (χ3v) is 8.04. The molecule has 3 amide bonds. The Labute approximate surface area is 222 Å². The lowest BCUT2D eigenvalue weighted by atomic mass is 9.98. The van der Waals surface area contributed by atoms with Crippen molar-refractivity contribution in [2.24, 2.45) is 5.92 Å². The number of carbonyl (C=O) groups is 3. The van der Waals surface area contributed by atoms with E-state index in [2.05, 4.69) is 19.2 Å². The molecule has 2 aliphatic rings. The summed E-state index contributed by atoms with van der Waals surface area (Å²) in [6.07, 6.45) is 4.23. The topological polar surface area (TPSA) is 69.7 Å². The molecular weight excluding hydrogens is 490 g/mol. The number of fused-ring (bicyclic) bond motifs is 1. The zero-order chi connectivity index (χ0) is 25.8. The number of benzene rings is 2. The average Bonchev–Trinajstić information content (AvgIpc) is 3.28. The molecule has 188 valence electrons. The third kappa shape index (κ3) is 5.39. The monoisotopic (exact) mass is 521 g/mol. The Morgan fingerprint density at radius 3 is 2.56 bits per heavy atom. The van der Waals surface area contributed by atoms with E-state index in [4.69, 9.17) is 12.2 Å². The fourth-order valence-corrected chi connectivity index (χ4v) is 5.95. The summed E-state index contributed by atoms with van der Waals surface area (Å²) in [5.74, 6) is -0.511. The Morgan fingerprint density at radius 1 is 1.06 bits per heavy atom. The SMILES string of the molecule is CCCCC(CC)CN1C(=O)/C(=C2/C(=O)N(CC(=O)Nc3cccc(C)c3)c3ccccc32)SC1=S. The van der Waals surface area contributed by atoms with E-state index in [9.17, 15) is 14.4 Å². The second-order valence-electron chi connectivity index (χ2n) is 9.23. The van der Waals surface area contributed by atoms with E-state index < -0.39 is 0 Å². The van der Waals surface area contributed by atoms with Crippen LogP contribution in [0.1, 0.15) is 50.7 Å². The molecule has 6 nitrogen and oxygen atoms in total. The highest BCUT2D eigenvalue weighted by atomic mass is 32.2. The Morgan fingerprint density at radius 2 is 1.83 bits per heavy atom. The van der Waals surface area contributed by atoms with Gasteiger partial charge in [-0.25, -0.2) is 0 Å². The number of thioether (sulfide) groups is 1. The molecule has 0 bridgehead atoms. The minimum absolute atomic E-state index is 0.150. The second kappa shape index (κ2) is 11.4. The standard InChI is InChI=1S/C28H31N3O3S2/c1-4-6-11-19(5-2)16-31-27(34)25(36-28(31)35)24-21-13-7-8-14-22(21)30(26(24)33)17-23(32)29-20-12-9-10-18(3)15-20/h7-10,12-15,19H,4-6,11,16-17H2,1-3H3,(H,29,32)/b25-24-. The number of nitrogens with one attached hydrogen (secondary N) is 1. The average molecular weight is 522 g/mol. The molecule has 1 saturated heterocycles. The van der Waals surface area contributed by atoms with Gasteiger partial charge in [-0.1, -0.05) is 87.4 Å². The number of amides is 3. The van der Waals surface area contributed by atoms with Crippen molar-refractivity contribution < 1.29 is 14.4 Å². The molecule has 1 unspecified atom stereocenters. The molecule has 2 heterocycles. The molecule has 4 rings (SSSR count). The zero-order valence-electron chi connectivity index (χ0n) is 20.9. The highest BCUT2D eigenvalue weighted by Crippen LogP contribution is 2.44. The molecule has 8 heteroatoms. The normalized spacial score (nSPS) is 18.1. The van der Waals surface area contributed by atoms with Crippen molar-refractivity contribution in [2.45, 2.75) is 46.5 Å². The maximum absolute atomic E-state index is 13.6. The number of hydrogen-bond donors (Lipinski definition) is 1. The fourth-order valence-electron chi connectivity index (χ4n) is 4.61. The predicted octanol–water partition coefficient (Wildman–Crippen LogP) is 5.77. The van der Waals surface area contributed by atoms with Crippen molar-refractivity contribution in [2.75, 3.05) is 23.3 Å². The first kappa shape index (κ1) is 26.1. The van der Waals surface area contributed by atoms with Crippen molar-refractivity contribution in [3.63, 3.8) is 0 Å². The van der Waals surface area contributed by atoms with Crippen LogP contribution in [0.4, 0.5) is 11.4 Å². The van der Waals surface area contributed by atoms with Crippen molar-refractivity contribution in [3.8, 4) is 0 Å². The van der Waals surface area contributed by atoms with E-state index in [0.717, 1.165) is 31.2 Å². The molecule has 2 aliphatic heterocycles. The maximum atomic E-state index is 13.6. The molecule has 0 aliphatic carbocycles. The summed E-state index contributed by atoms with van der Waals surface area (Å²) in [5, 5.41) is 2.86. The summed E-state index contributed by atoms with van der Waals surface area (Å²) < 4.78 is 0.485. The van der Waals surface area contributed by atoms with E-state index in [1.165, 1.54) is 16.7 Å². The molecule has 2 aromatic carbocycles. The van der Waals surface area contributed by atoms with Crippen molar-refractivity contribution >= 4 is 63.0 Å². The summed E-state index contributed by atoms with van der Waals surface area (Å²) in [6.45, 7) is 6.66. The number of nitrogens with zero attached hydrogens (tertiary/aromatic N) is 2. The number of anilines is 2. The lowest BCUT2D eigenvalue weighted by Crippen LogP contribution is -2.36. The third-order valence-electron chi connectivity index (χ3n) is 6.59. The van der Waals surface area contributed by atoms with Gasteiger partial charge in [0.15, 0.2) is 0 Å². The maximum Gasteiger partial charge on any atom is 0.267 e. The molecule has 1 atom stereocenters. The largest absolute Gasteiger partial charge is 0.325 e. The van der Waals surface area contributed by atoms with Gasteiger partial charge < -0.3 is 5.32 Å². The Kier molecular flexibility index (Phi) is 8.26. The van der Waals surface area contributed by atoms with E-state index in [0.29, 0.717) is 44.2 Å². The second-order valence-corrected chi connectivity index (χ2v) is 10.9. The summed E-state index contributed by atoms with van der Waals surface area (Å²) in [4.78, 5) is 43.4. The summed E-state index contributed by atoms with van der Waals surface area (Å²) in [5.41, 5.74) is 3.31. The van der Waals surface area contributed by atoms with Gasteiger partial charge in [0.05, 0.1) is 16.2 Å². The number of thiocarbonyl (C=S) groups is 1. The molecule has 2 aromatic rings. The summed E-state index contributed by atoms with van der Waals surface area (Å²) in [7, 11) is 0. The van der Waals surface area contributed by atoms with Crippen LogP contribution in [0, 0.1) is 12.8 Å². The van der Waals surface area contributed by atoms with Gasteiger partial charge in [0.25, 0.3) is 11.8 Å². The van der Waals surface area contributed by atoms with Crippen LogP contribution in [-0.4, -0.2) is 40.0 Å². The highest BCUT2D eigenvalue weighted by molar-refractivity contribution is 8.26. The van der Waals surface area contributed by atoms with Gasteiger partial charge in [0.1, 0.15) is 10.9 Å². The van der Waals surface area contributed by atoms with Gasteiger partial charge in [-0.05, 0) is 43.0 Å². The van der Waals surface area contributed by atoms with Crippen LogP contribution in [-0.2, 0) is 14.4 Å². The Hall–Kier alpha value is -2.97. The van der Waals surface area contributed by atoms with Crippen LogP contribution >= 0.6 is 24.0 Å². The Balaban J connectivity index is 1.59. The van der Waals surface area contributed by atoms with E-state index >= 15 is 0 Å². The lowest BCUT2D eigenvalue weighted by molar-refractivity contribution is -0.123. The van der Waals surface area contributed by atoms with Crippen LogP contribution in [0.5, 0.6) is 0 Å². The van der Waals surface area contributed by atoms with E-state index in [1.807, 2.05) is 49.4 Å². The van der Waals surface area contributed by atoms with Gasteiger partial charge in [0.2, 0.25) is 5.91 Å². The first-order valence-corrected chi connectivity index (χ1v) is 13.6. The minimum Gasteiger partial charge on any atom is -0.325 e. The molecule has 1 N–H and O–H groups in total. The molecule has 1 fully saturated rings. The molecule has 0 radical (unpaired) electrons. The van der Waals surface area contributed by atoms with Crippen LogP contribution in [0.2, 0.25) is 0 Å². The number of hydrogen-bond acceptors (Lipinski definition) is 5. The van der Waals surface area contributed by atoms with E-state index in [1.54, 1.807) is 11.0 Å². The quantitative estimate of drug-likeness (QED) is 0.335. The van der Waals surface area contributed by atoms with Gasteiger partial charge in [-0.3, -0.25) is 24.2 Å². The number of rotatable bonds is 9. The molecular formula is C28H31N3O3S2. The number of unbranched alkanes of at least 4 members (excludes halogenated alkanes) is 1. The molecule has 36 heavy (non-hydrogen) atoms. The predicted molar refractivity (Wildman–Crippen MR) is 151 cm³/mol. The smallest absolute Gasteiger partial charge is 0.267 e. The van der Waals surface area contributed by atoms with Gasteiger partial charge in [-0.15, -0.1) is 0 Å². The lowest BCUT2D eigenvalue weighted by Gasteiger charge is -2.21. The first-order valence-electron chi connectivity index (χ1n) is 12.4. The van der Waals surface area contributed by atoms with Crippen LogP contribution in [0.15, 0.2) is 53.4 Å². The van der Waals surface area contributed by atoms with Crippen molar-refractivity contribution in [3.05, 3.63) is 64.6 Å². The first-order chi connectivity index (χ1) is 17.3. The van der Waals surface area contributed by atoms with Gasteiger partial charge >= 0.3 is 0 Å². The number of para-hydroxylation sites is 1. The summed E-state index contributed by atoms with van der Waals surface area (Å²) in [6, 6.07) is 14.8. The zero-order valence-corrected chi connectivity index (χ0v) is 22.5. The summed E-state index contributed by atoms with van der Waals surface area (Å²) >= 11 is 6.76. The highest BCUT2D eigenvalue weighted by Gasteiger charge is 2.42. The number of carbonyl (C=O) groups excluding carboxylic acids is 3. The van der Waals surface area contributed by atoms with Crippen molar-refractivity contribution in [1.29, 1.82) is 0 Å². The van der Waals surface area contributed by atoms with Gasteiger partial charge in [-0.2, -0.15) is 0 Å². The fraction of sp³-hybridized carbons (Fsp3) is 0.357. The van der Waals surface area contributed by atoms with Crippen LogP contribution < -0.4 is 10.2 Å².